The van der Waals surface area contributed by atoms with Crippen LogP contribution in [0.5, 0.6) is 0 Å². The lowest BCUT2D eigenvalue weighted by molar-refractivity contribution is 0.0816. The van der Waals surface area contributed by atoms with E-state index in [4.69, 9.17) is 0 Å². The van der Waals surface area contributed by atoms with Gasteiger partial charge in [-0.3, -0.25) is 9.80 Å². The third-order valence-electron chi connectivity index (χ3n) is 7.60. The lowest BCUT2D eigenvalue weighted by Crippen LogP contribution is -2.45. The molecule has 3 aliphatic rings. The maximum atomic E-state index is 13.4. The van der Waals surface area contributed by atoms with Gasteiger partial charge in [-0.15, -0.1) is 0 Å². The van der Waals surface area contributed by atoms with Crippen LogP contribution in [0.1, 0.15) is 51.0 Å². The Hall–Kier alpha value is -0.970. The number of hydrogen-bond acceptors (Lipinski definition) is 3. The van der Waals surface area contributed by atoms with Crippen molar-refractivity contribution in [3.63, 3.8) is 0 Å². The van der Waals surface area contributed by atoms with E-state index in [2.05, 4.69) is 27.7 Å². The van der Waals surface area contributed by atoms with Crippen LogP contribution >= 0.6 is 0 Å². The fourth-order valence-corrected chi connectivity index (χ4v) is 5.90. The summed E-state index contributed by atoms with van der Waals surface area (Å²) in [6, 6.07) is 7.92. The van der Waals surface area contributed by atoms with Crippen molar-refractivity contribution in [3.8, 4) is 0 Å². The molecule has 4 rings (SSSR count). The Balaban J connectivity index is 1.18. The van der Waals surface area contributed by atoms with Crippen LogP contribution in [0.4, 0.5) is 4.39 Å². The van der Waals surface area contributed by atoms with E-state index in [1.807, 2.05) is 6.07 Å². The second-order valence-electron chi connectivity index (χ2n) is 9.31. The van der Waals surface area contributed by atoms with E-state index in [1.165, 1.54) is 90.4 Å². The molecule has 1 aromatic rings. The van der Waals surface area contributed by atoms with Gasteiger partial charge in [0.15, 0.2) is 0 Å². The summed E-state index contributed by atoms with van der Waals surface area (Å²) in [6.45, 7) is 12.0. The van der Waals surface area contributed by atoms with Gasteiger partial charge in [0.05, 0.1) is 0 Å². The van der Waals surface area contributed by atoms with Crippen LogP contribution in [0.25, 0.3) is 0 Å². The zero-order valence-electron chi connectivity index (χ0n) is 17.7. The van der Waals surface area contributed by atoms with Crippen molar-refractivity contribution < 1.29 is 4.39 Å². The van der Waals surface area contributed by atoms with Crippen molar-refractivity contribution in [1.29, 1.82) is 0 Å². The van der Waals surface area contributed by atoms with Crippen molar-refractivity contribution in [3.05, 3.63) is 35.6 Å². The van der Waals surface area contributed by atoms with E-state index in [-0.39, 0.29) is 5.82 Å². The van der Waals surface area contributed by atoms with Crippen LogP contribution < -0.4 is 0 Å². The molecule has 0 saturated carbocycles. The summed E-state index contributed by atoms with van der Waals surface area (Å²) in [5, 5.41) is 0. The summed E-state index contributed by atoms with van der Waals surface area (Å²) < 4.78 is 13.4. The molecule has 0 radical (unpaired) electrons. The summed E-state index contributed by atoms with van der Waals surface area (Å²) in [7, 11) is 0. The van der Waals surface area contributed by atoms with Gasteiger partial charge in [-0.1, -0.05) is 19.1 Å². The van der Waals surface area contributed by atoms with Crippen LogP contribution in [-0.4, -0.2) is 66.6 Å². The zero-order chi connectivity index (χ0) is 19.3. The number of rotatable bonds is 6. The summed E-state index contributed by atoms with van der Waals surface area (Å²) in [5.41, 5.74) is 1.11. The van der Waals surface area contributed by atoms with Gasteiger partial charge in [0, 0.05) is 19.1 Å². The van der Waals surface area contributed by atoms with Gasteiger partial charge in [0.1, 0.15) is 5.82 Å². The predicted molar refractivity (Wildman–Crippen MR) is 114 cm³/mol. The molecule has 0 N–H and O–H groups in total. The fourth-order valence-electron chi connectivity index (χ4n) is 5.90. The zero-order valence-corrected chi connectivity index (χ0v) is 17.7. The Labute approximate surface area is 170 Å². The molecule has 1 atom stereocenters. The molecule has 28 heavy (non-hydrogen) atoms. The molecule has 0 spiro atoms. The number of benzene rings is 1. The first-order valence-corrected chi connectivity index (χ1v) is 11.6. The van der Waals surface area contributed by atoms with Crippen molar-refractivity contribution in [2.75, 3.05) is 45.8 Å². The molecule has 156 valence electrons. The first-order chi connectivity index (χ1) is 13.7. The quantitative estimate of drug-likeness (QED) is 0.723. The first-order valence-electron chi connectivity index (χ1n) is 11.6. The van der Waals surface area contributed by atoms with Gasteiger partial charge in [-0.2, -0.15) is 0 Å². The average molecular weight is 388 g/mol. The van der Waals surface area contributed by atoms with Crippen LogP contribution in [0.2, 0.25) is 0 Å². The van der Waals surface area contributed by atoms with Crippen LogP contribution in [0.15, 0.2) is 24.3 Å². The normalized spacial score (nSPS) is 26.9. The molecule has 3 aliphatic heterocycles. The maximum Gasteiger partial charge on any atom is 0.123 e. The second-order valence-corrected chi connectivity index (χ2v) is 9.31. The Bertz CT molecular complexity index is 606. The maximum absolute atomic E-state index is 13.4. The van der Waals surface area contributed by atoms with E-state index >= 15 is 0 Å². The highest BCUT2D eigenvalue weighted by atomic mass is 19.1. The Morgan fingerprint density at radius 2 is 1.57 bits per heavy atom. The molecule has 0 bridgehead atoms. The van der Waals surface area contributed by atoms with Gasteiger partial charge in [-0.05, 0) is 107 Å². The highest BCUT2D eigenvalue weighted by Gasteiger charge is 2.31. The minimum absolute atomic E-state index is 0.112. The molecule has 1 aromatic carbocycles. The summed E-state index contributed by atoms with van der Waals surface area (Å²) in [5.74, 6) is 1.72. The number of nitrogens with zero attached hydrogens (tertiary/aromatic N) is 3. The number of hydrogen-bond donors (Lipinski definition) is 0. The van der Waals surface area contributed by atoms with E-state index in [9.17, 15) is 4.39 Å². The number of likely N-dealkylation sites (N-methyl/N-ethyl adjacent to an activating group) is 1. The first kappa shape index (κ1) is 20.3. The van der Waals surface area contributed by atoms with Crippen LogP contribution in [0, 0.1) is 17.7 Å². The van der Waals surface area contributed by atoms with Gasteiger partial charge in [-0.25, -0.2) is 4.39 Å². The van der Waals surface area contributed by atoms with E-state index in [0.29, 0.717) is 0 Å². The fraction of sp³-hybridized carbons (Fsp3) is 0.750. The van der Waals surface area contributed by atoms with E-state index in [1.54, 1.807) is 6.07 Å². The molecule has 1 unspecified atom stereocenters. The monoisotopic (exact) mass is 387 g/mol. The van der Waals surface area contributed by atoms with Crippen molar-refractivity contribution in [2.24, 2.45) is 11.8 Å². The second kappa shape index (κ2) is 9.69. The minimum atomic E-state index is -0.112. The predicted octanol–water partition coefficient (Wildman–Crippen LogP) is 4.23. The molecule has 3 fully saturated rings. The summed E-state index contributed by atoms with van der Waals surface area (Å²) in [6.07, 6.45) is 8.24. The van der Waals surface area contributed by atoms with Crippen molar-refractivity contribution in [2.45, 2.75) is 58.0 Å². The van der Waals surface area contributed by atoms with Crippen LogP contribution in [0.3, 0.4) is 0 Å². The van der Waals surface area contributed by atoms with Gasteiger partial charge >= 0.3 is 0 Å². The van der Waals surface area contributed by atoms with Crippen molar-refractivity contribution in [1.82, 2.24) is 14.7 Å². The minimum Gasteiger partial charge on any atom is -0.302 e. The third kappa shape index (κ3) is 5.14. The highest BCUT2D eigenvalue weighted by molar-refractivity contribution is 5.16. The smallest absolute Gasteiger partial charge is 0.123 e. The molecule has 3 nitrogen and oxygen atoms in total. The molecular formula is C24H38FN3. The largest absolute Gasteiger partial charge is 0.302 e. The Morgan fingerprint density at radius 1 is 0.893 bits per heavy atom. The van der Waals surface area contributed by atoms with E-state index in [0.717, 1.165) is 30.0 Å². The lowest BCUT2D eigenvalue weighted by atomic mass is 9.78. The molecule has 0 aromatic heterocycles. The standard InChI is InChI=1S/C24H38FN3/c1-2-28-12-4-7-24(28)19-27-15-10-22(11-16-27)21-8-13-26(14-9-21)18-20-5-3-6-23(25)17-20/h3,5-6,17,21-22,24H,2,4,7-16,18-19H2,1H3. The Kier molecular flexibility index (Phi) is 7.03. The van der Waals surface area contributed by atoms with Crippen molar-refractivity contribution >= 4 is 0 Å². The molecule has 0 aliphatic carbocycles. The Morgan fingerprint density at radius 3 is 2.21 bits per heavy atom. The molecule has 3 heterocycles. The molecule has 4 heteroatoms. The van der Waals surface area contributed by atoms with Gasteiger partial charge in [0.25, 0.3) is 0 Å². The highest BCUT2D eigenvalue weighted by Crippen LogP contribution is 2.33. The van der Waals surface area contributed by atoms with Crippen LogP contribution in [-0.2, 0) is 6.54 Å². The number of likely N-dealkylation sites (tertiary alicyclic amines) is 3. The SMILES string of the molecule is CCN1CCCC1CN1CCC(C2CCN(Cc3cccc(F)c3)CC2)CC1. The third-order valence-corrected chi connectivity index (χ3v) is 7.60. The summed E-state index contributed by atoms with van der Waals surface area (Å²) >= 11 is 0. The number of piperidine rings is 2. The van der Waals surface area contributed by atoms with Gasteiger partial charge in [0.2, 0.25) is 0 Å². The molecule has 3 saturated heterocycles. The topological polar surface area (TPSA) is 9.72 Å². The summed E-state index contributed by atoms with van der Waals surface area (Å²) in [4.78, 5) is 7.94. The molecule has 0 amide bonds. The number of halogens is 1. The lowest BCUT2D eigenvalue weighted by Gasteiger charge is -2.41. The average Bonchev–Trinajstić information content (AvgIpc) is 3.16. The molecular weight excluding hydrogens is 349 g/mol. The van der Waals surface area contributed by atoms with Gasteiger partial charge < -0.3 is 4.90 Å². The van der Waals surface area contributed by atoms with E-state index < -0.39 is 0 Å².